The first-order chi connectivity index (χ1) is 14.4. The number of rotatable bonds is 8. The summed E-state index contributed by atoms with van der Waals surface area (Å²) in [7, 11) is 0. The molecule has 0 spiro atoms. The molecule has 3 rings (SSSR count). The summed E-state index contributed by atoms with van der Waals surface area (Å²) in [6.07, 6.45) is 0.651. The van der Waals surface area contributed by atoms with Crippen LogP contribution in [0.5, 0.6) is 0 Å². The molecule has 9 nitrogen and oxygen atoms in total. The standard InChI is InChI=1S/C21H21N5O4/c1-14(20(28)17-8-10-18(11-9-17)23-15(2)27)30-21(29)19(26-13-22-24-25-26)12-16-6-4-3-5-7-16/h3-11,13-14,19H,12H2,1-2H3,(H,23,27)/t14-,19-/m0/s1. The van der Waals surface area contributed by atoms with E-state index >= 15 is 0 Å². The number of esters is 1. The number of benzene rings is 2. The fraction of sp³-hybridized carbons (Fsp3) is 0.238. The smallest absolute Gasteiger partial charge is 0.332 e. The summed E-state index contributed by atoms with van der Waals surface area (Å²) in [5.41, 5.74) is 1.85. The molecule has 1 amide bonds. The van der Waals surface area contributed by atoms with Gasteiger partial charge in [0, 0.05) is 24.6 Å². The Balaban J connectivity index is 1.70. The van der Waals surface area contributed by atoms with Crippen molar-refractivity contribution in [2.45, 2.75) is 32.4 Å². The van der Waals surface area contributed by atoms with Crippen LogP contribution in [0.25, 0.3) is 0 Å². The Labute approximate surface area is 173 Å². The largest absolute Gasteiger partial charge is 0.453 e. The first-order valence-corrected chi connectivity index (χ1v) is 9.33. The third-order valence-corrected chi connectivity index (χ3v) is 4.38. The third kappa shape index (κ3) is 5.34. The SMILES string of the molecule is CC(=O)Nc1ccc(C(=O)[C@H](C)OC(=O)[C@H](Cc2ccccc2)n2cnnn2)cc1. The van der Waals surface area contributed by atoms with Crippen molar-refractivity contribution < 1.29 is 19.1 Å². The number of Topliss-reactive ketones (excluding diaryl/α,β-unsaturated/α-hetero) is 1. The van der Waals surface area contributed by atoms with E-state index < -0.39 is 18.1 Å². The summed E-state index contributed by atoms with van der Waals surface area (Å²) in [6, 6.07) is 15.0. The predicted octanol–water partition coefficient (Wildman–Crippen LogP) is 2.23. The summed E-state index contributed by atoms with van der Waals surface area (Å²) < 4.78 is 6.76. The number of nitrogens with one attached hydrogen (secondary N) is 1. The van der Waals surface area contributed by atoms with Crippen LogP contribution in [0.15, 0.2) is 60.9 Å². The van der Waals surface area contributed by atoms with E-state index in [4.69, 9.17) is 4.74 Å². The molecule has 1 aromatic heterocycles. The molecule has 0 aliphatic heterocycles. The number of carbonyl (C=O) groups is 3. The number of ketones is 1. The van der Waals surface area contributed by atoms with Crippen molar-refractivity contribution in [3.63, 3.8) is 0 Å². The normalized spacial score (nSPS) is 12.6. The van der Waals surface area contributed by atoms with Gasteiger partial charge in [0.25, 0.3) is 0 Å². The van der Waals surface area contributed by atoms with Crippen LogP contribution in [-0.4, -0.2) is 44.0 Å². The van der Waals surface area contributed by atoms with Crippen molar-refractivity contribution in [2.24, 2.45) is 0 Å². The van der Waals surface area contributed by atoms with E-state index in [1.165, 1.54) is 24.9 Å². The number of anilines is 1. The Hall–Kier alpha value is -3.88. The second-order valence-corrected chi connectivity index (χ2v) is 6.70. The van der Waals surface area contributed by atoms with E-state index in [1.54, 1.807) is 24.3 Å². The fourth-order valence-electron chi connectivity index (χ4n) is 2.90. The summed E-state index contributed by atoms with van der Waals surface area (Å²) in [6.45, 7) is 2.91. The van der Waals surface area contributed by atoms with Gasteiger partial charge in [0.05, 0.1) is 0 Å². The van der Waals surface area contributed by atoms with Gasteiger partial charge in [-0.15, -0.1) is 5.10 Å². The number of tetrazole rings is 1. The number of amides is 1. The number of aromatic nitrogens is 4. The minimum absolute atomic E-state index is 0.205. The average Bonchev–Trinajstić information content (AvgIpc) is 3.26. The Bertz CT molecular complexity index is 1000. The molecule has 2 aromatic carbocycles. The molecule has 9 heteroatoms. The minimum atomic E-state index is -1.00. The maximum Gasteiger partial charge on any atom is 0.332 e. The maximum absolute atomic E-state index is 12.8. The van der Waals surface area contributed by atoms with Gasteiger partial charge in [0.15, 0.2) is 12.1 Å². The van der Waals surface area contributed by atoms with Crippen molar-refractivity contribution in [3.05, 3.63) is 72.1 Å². The van der Waals surface area contributed by atoms with E-state index in [9.17, 15) is 14.4 Å². The Morgan fingerprint density at radius 1 is 1.07 bits per heavy atom. The summed E-state index contributed by atoms with van der Waals surface area (Å²) in [5, 5.41) is 13.6. The van der Waals surface area contributed by atoms with Crippen LogP contribution in [0.3, 0.4) is 0 Å². The lowest BCUT2D eigenvalue weighted by Crippen LogP contribution is -2.31. The molecular formula is C21H21N5O4. The van der Waals surface area contributed by atoms with Crippen LogP contribution >= 0.6 is 0 Å². The summed E-state index contributed by atoms with van der Waals surface area (Å²) in [5.74, 6) is -1.17. The van der Waals surface area contributed by atoms with Gasteiger partial charge >= 0.3 is 5.97 Å². The number of hydrogen-bond donors (Lipinski definition) is 1. The quantitative estimate of drug-likeness (QED) is 0.449. The van der Waals surface area contributed by atoms with Gasteiger partial charge in [-0.3, -0.25) is 9.59 Å². The lowest BCUT2D eigenvalue weighted by Gasteiger charge is -2.19. The molecule has 3 aromatic rings. The van der Waals surface area contributed by atoms with E-state index in [2.05, 4.69) is 20.8 Å². The molecule has 154 valence electrons. The molecule has 0 radical (unpaired) electrons. The molecule has 0 saturated carbocycles. The van der Waals surface area contributed by atoms with Gasteiger partial charge in [-0.1, -0.05) is 30.3 Å². The van der Waals surface area contributed by atoms with Gasteiger partial charge in [-0.25, -0.2) is 9.48 Å². The second kappa shape index (κ2) is 9.55. The third-order valence-electron chi connectivity index (χ3n) is 4.38. The lowest BCUT2D eigenvalue weighted by molar-refractivity contribution is -0.150. The maximum atomic E-state index is 12.8. The van der Waals surface area contributed by atoms with Gasteiger partial charge in [-0.05, 0) is 47.2 Å². The molecule has 30 heavy (non-hydrogen) atoms. The topological polar surface area (TPSA) is 116 Å². The molecule has 0 fully saturated rings. The molecule has 1 N–H and O–H groups in total. The van der Waals surface area contributed by atoms with Crippen molar-refractivity contribution in [2.75, 3.05) is 5.32 Å². The number of ether oxygens (including phenoxy) is 1. The van der Waals surface area contributed by atoms with Crippen LogP contribution < -0.4 is 5.32 Å². The van der Waals surface area contributed by atoms with Gasteiger partial charge in [0.1, 0.15) is 6.33 Å². The van der Waals surface area contributed by atoms with Crippen molar-refractivity contribution in [1.82, 2.24) is 20.2 Å². The Morgan fingerprint density at radius 2 is 1.77 bits per heavy atom. The molecule has 2 atom stereocenters. The van der Waals surface area contributed by atoms with Crippen molar-refractivity contribution in [3.8, 4) is 0 Å². The number of carbonyl (C=O) groups excluding carboxylic acids is 3. The van der Waals surface area contributed by atoms with E-state index in [1.807, 2.05) is 30.3 Å². The summed E-state index contributed by atoms with van der Waals surface area (Å²) >= 11 is 0. The predicted molar refractivity (Wildman–Crippen MR) is 108 cm³/mol. The van der Waals surface area contributed by atoms with Crippen LogP contribution in [0.4, 0.5) is 5.69 Å². The van der Waals surface area contributed by atoms with Crippen molar-refractivity contribution >= 4 is 23.3 Å². The van der Waals surface area contributed by atoms with Gasteiger partial charge < -0.3 is 10.1 Å². The Morgan fingerprint density at radius 3 is 2.37 bits per heavy atom. The molecule has 0 saturated heterocycles. The van der Waals surface area contributed by atoms with Crippen molar-refractivity contribution in [1.29, 1.82) is 0 Å². The van der Waals surface area contributed by atoms with E-state index in [-0.39, 0.29) is 11.7 Å². The van der Waals surface area contributed by atoms with Crippen LogP contribution in [-0.2, 0) is 20.7 Å². The molecule has 0 aliphatic carbocycles. The second-order valence-electron chi connectivity index (χ2n) is 6.70. The summed E-state index contributed by atoms with van der Waals surface area (Å²) in [4.78, 5) is 36.6. The first kappa shape index (κ1) is 20.8. The fourth-order valence-corrected chi connectivity index (χ4v) is 2.90. The van der Waals surface area contributed by atoms with Gasteiger partial charge in [0.2, 0.25) is 11.7 Å². The zero-order valence-corrected chi connectivity index (χ0v) is 16.6. The Kier molecular flexibility index (Phi) is 6.63. The number of hydrogen-bond acceptors (Lipinski definition) is 7. The molecule has 0 aliphatic rings. The molecular weight excluding hydrogens is 386 g/mol. The molecule has 0 unspecified atom stereocenters. The monoisotopic (exact) mass is 407 g/mol. The zero-order valence-electron chi connectivity index (χ0n) is 16.6. The highest BCUT2D eigenvalue weighted by molar-refractivity contribution is 6.00. The highest BCUT2D eigenvalue weighted by Crippen LogP contribution is 2.18. The van der Waals surface area contributed by atoms with E-state index in [0.29, 0.717) is 17.7 Å². The molecule has 0 bridgehead atoms. The molecule has 1 heterocycles. The van der Waals surface area contributed by atoms with Crippen LogP contribution in [0.2, 0.25) is 0 Å². The van der Waals surface area contributed by atoms with Crippen LogP contribution in [0, 0.1) is 0 Å². The number of nitrogens with zero attached hydrogens (tertiary/aromatic N) is 4. The zero-order chi connectivity index (χ0) is 21.5. The first-order valence-electron chi connectivity index (χ1n) is 9.33. The minimum Gasteiger partial charge on any atom is -0.453 e. The highest BCUT2D eigenvalue weighted by Gasteiger charge is 2.28. The van der Waals surface area contributed by atoms with E-state index in [0.717, 1.165) is 5.56 Å². The highest BCUT2D eigenvalue weighted by atomic mass is 16.5. The van der Waals surface area contributed by atoms with Gasteiger partial charge in [-0.2, -0.15) is 0 Å². The van der Waals surface area contributed by atoms with Crippen LogP contribution in [0.1, 0.15) is 35.8 Å². The average molecular weight is 407 g/mol. The lowest BCUT2D eigenvalue weighted by atomic mass is 10.1.